The van der Waals surface area contributed by atoms with Crippen molar-refractivity contribution in [3.63, 3.8) is 0 Å². The molecule has 0 fully saturated rings. The number of aromatic nitrogens is 2. The van der Waals surface area contributed by atoms with Crippen molar-refractivity contribution >= 4 is 56.5 Å². The van der Waals surface area contributed by atoms with E-state index in [1.165, 1.54) is 18.1 Å². The maximum absolute atomic E-state index is 12.5. The smallest absolute Gasteiger partial charge is 0.234 e. The van der Waals surface area contributed by atoms with Gasteiger partial charge >= 0.3 is 0 Å². The fraction of sp³-hybridized carbons (Fsp3) is 0.136. The first kappa shape index (κ1) is 21.4. The first-order valence-electron chi connectivity index (χ1n) is 9.22. The molecule has 0 saturated carbocycles. The molecule has 1 amide bonds. The number of anilines is 1. The number of thiophene rings is 1. The first-order chi connectivity index (χ1) is 15.1. The SMILES string of the molecule is COc1ccc(NC(=O)CSc2ncnc3scc(-c4ccc(Cl)cc4)c23)cc1OC. The Morgan fingerprint density at radius 2 is 1.87 bits per heavy atom. The summed E-state index contributed by atoms with van der Waals surface area (Å²) in [5.41, 5.74) is 2.69. The van der Waals surface area contributed by atoms with Gasteiger partial charge in [0.2, 0.25) is 5.91 Å². The van der Waals surface area contributed by atoms with Gasteiger partial charge in [0.1, 0.15) is 16.2 Å². The molecular formula is C22H18ClN3O3S2. The number of fused-ring (bicyclic) bond motifs is 1. The van der Waals surface area contributed by atoms with Crippen LogP contribution in [-0.2, 0) is 4.79 Å². The maximum atomic E-state index is 12.5. The van der Waals surface area contributed by atoms with E-state index in [0.29, 0.717) is 22.2 Å². The second kappa shape index (κ2) is 9.55. The molecule has 6 nitrogen and oxygen atoms in total. The average Bonchev–Trinajstić information content (AvgIpc) is 3.23. The minimum Gasteiger partial charge on any atom is -0.493 e. The number of hydrogen-bond acceptors (Lipinski definition) is 7. The highest BCUT2D eigenvalue weighted by molar-refractivity contribution is 8.00. The van der Waals surface area contributed by atoms with Crippen molar-refractivity contribution in [3.8, 4) is 22.6 Å². The number of carbonyl (C=O) groups excluding carboxylic acids is 1. The number of amides is 1. The van der Waals surface area contributed by atoms with Crippen LogP contribution >= 0.6 is 34.7 Å². The molecule has 0 unspecified atom stereocenters. The Kier molecular flexibility index (Phi) is 6.60. The Morgan fingerprint density at radius 3 is 2.61 bits per heavy atom. The van der Waals surface area contributed by atoms with Gasteiger partial charge in [-0.05, 0) is 29.8 Å². The molecule has 2 aromatic heterocycles. The fourth-order valence-electron chi connectivity index (χ4n) is 3.04. The second-order valence-electron chi connectivity index (χ2n) is 6.42. The Balaban J connectivity index is 1.52. The Morgan fingerprint density at radius 1 is 1.10 bits per heavy atom. The summed E-state index contributed by atoms with van der Waals surface area (Å²) in [6.45, 7) is 0. The summed E-state index contributed by atoms with van der Waals surface area (Å²) in [4.78, 5) is 22.2. The van der Waals surface area contributed by atoms with Crippen LogP contribution in [0.15, 0.2) is 59.2 Å². The van der Waals surface area contributed by atoms with E-state index in [-0.39, 0.29) is 11.7 Å². The van der Waals surface area contributed by atoms with Gasteiger partial charge in [-0.15, -0.1) is 11.3 Å². The lowest BCUT2D eigenvalue weighted by molar-refractivity contribution is -0.113. The third-order valence-electron chi connectivity index (χ3n) is 4.50. The van der Waals surface area contributed by atoms with Gasteiger partial charge in [-0.2, -0.15) is 0 Å². The van der Waals surface area contributed by atoms with Crippen LogP contribution in [0.1, 0.15) is 0 Å². The molecule has 0 bridgehead atoms. The molecule has 0 spiro atoms. The Hall–Kier alpha value is -2.81. The van der Waals surface area contributed by atoms with Gasteiger partial charge < -0.3 is 14.8 Å². The molecule has 2 heterocycles. The van der Waals surface area contributed by atoms with E-state index in [1.807, 2.05) is 24.3 Å². The van der Waals surface area contributed by atoms with E-state index in [1.54, 1.807) is 43.8 Å². The van der Waals surface area contributed by atoms with E-state index in [4.69, 9.17) is 21.1 Å². The zero-order valence-corrected chi connectivity index (χ0v) is 19.1. The number of benzene rings is 2. The molecule has 0 aliphatic carbocycles. The second-order valence-corrected chi connectivity index (χ2v) is 8.68. The number of rotatable bonds is 7. The van der Waals surface area contributed by atoms with Crippen molar-refractivity contribution < 1.29 is 14.3 Å². The zero-order valence-electron chi connectivity index (χ0n) is 16.7. The lowest BCUT2D eigenvalue weighted by Crippen LogP contribution is -2.14. The van der Waals surface area contributed by atoms with Gasteiger partial charge in [0.15, 0.2) is 11.5 Å². The van der Waals surface area contributed by atoms with Crippen LogP contribution in [0, 0.1) is 0 Å². The molecule has 0 radical (unpaired) electrons. The topological polar surface area (TPSA) is 73.3 Å². The van der Waals surface area contributed by atoms with Crippen LogP contribution in [0.4, 0.5) is 5.69 Å². The number of halogens is 1. The van der Waals surface area contributed by atoms with E-state index in [2.05, 4.69) is 20.7 Å². The Bertz CT molecular complexity index is 1230. The van der Waals surface area contributed by atoms with Crippen LogP contribution in [-0.4, -0.2) is 35.8 Å². The minimum absolute atomic E-state index is 0.146. The normalized spacial score (nSPS) is 10.8. The number of methoxy groups -OCH3 is 2. The number of ether oxygens (including phenoxy) is 2. The van der Waals surface area contributed by atoms with Crippen molar-refractivity contribution in [1.29, 1.82) is 0 Å². The van der Waals surface area contributed by atoms with Gasteiger partial charge in [0, 0.05) is 27.7 Å². The predicted molar refractivity (Wildman–Crippen MR) is 127 cm³/mol. The van der Waals surface area contributed by atoms with Crippen molar-refractivity contribution in [3.05, 3.63) is 59.2 Å². The highest BCUT2D eigenvalue weighted by Crippen LogP contribution is 2.38. The molecule has 9 heteroatoms. The predicted octanol–water partition coefficient (Wildman–Crippen LogP) is 5.76. The highest BCUT2D eigenvalue weighted by atomic mass is 35.5. The van der Waals surface area contributed by atoms with Crippen LogP contribution in [0.3, 0.4) is 0 Å². The standard InChI is InChI=1S/C22H18ClN3O3S2/c1-28-17-8-7-15(9-18(17)29-2)26-19(27)11-31-22-20-16(10-30-21(20)24-12-25-22)13-3-5-14(23)6-4-13/h3-10,12H,11H2,1-2H3,(H,26,27). The summed E-state index contributed by atoms with van der Waals surface area (Å²) < 4.78 is 10.5. The zero-order chi connectivity index (χ0) is 21.8. The fourth-order valence-corrected chi connectivity index (χ4v) is 4.96. The van der Waals surface area contributed by atoms with E-state index < -0.39 is 0 Å². The van der Waals surface area contributed by atoms with Gasteiger partial charge in [-0.3, -0.25) is 4.79 Å². The van der Waals surface area contributed by atoms with Gasteiger partial charge in [-0.25, -0.2) is 9.97 Å². The summed E-state index contributed by atoms with van der Waals surface area (Å²) in [7, 11) is 3.12. The molecule has 0 aliphatic rings. The van der Waals surface area contributed by atoms with E-state index >= 15 is 0 Å². The number of nitrogens with one attached hydrogen (secondary N) is 1. The number of hydrogen-bond donors (Lipinski definition) is 1. The summed E-state index contributed by atoms with van der Waals surface area (Å²) in [5.74, 6) is 1.21. The molecule has 0 atom stereocenters. The molecule has 4 aromatic rings. The van der Waals surface area contributed by atoms with Crippen LogP contribution in [0.2, 0.25) is 5.02 Å². The lowest BCUT2D eigenvalue weighted by Gasteiger charge is -2.10. The molecule has 1 N–H and O–H groups in total. The van der Waals surface area contributed by atoms with Crippen molar-refractivity contribution in [2.24, 2.45) is 0 Å². The maximum Gasteiger partial charge on any atom is 0.234 e. The van der Waals surface area contributed by atoms with Crippen LogP contribution in [0.25, 0.3) is 21.3 Å². The summed E-state index contributed by atoms with van der Waals surface area (Å²) in [6, 6.07) is 12.9. The lowest BCUT2D eigenvalue weighted by atomic mass is 10.1. The van der Waals surface area contributed by atoms with E-state index in [9.17, 15) is 4.79 Å². The van der Waals surface area contributed by atoms with Gasteiger partial charge in [0.05, 0.1) is 25.4 Å². The van der Waals surface area contributed by atoms with Crippen LogP contribution in [0.5, 0.6) is 11.5 Å². The third kappa shape index (κ3) is 4.76. The summed E-state index contributed by atoms with van der Waals surface area (Å²) in [5, 5.41) is 7.32. The molecule has 2 aromatic carbocycles. The molecule has 158 valence electrons. The third-order valence-corrected chi connectivity index (χ3v) is 6.63. The first-order valence-corrected chi connectivity index (χ1v) is 11.5. The van der Waals surface area contributed by atoms with Crippen LogP contribution < -0.4 is 14.8 Å². The van der Waals surface area contributed by atoms with Gasteiger partial charge in [-0.1, -0.05) is 35.5 Å². The van der Waals surface area contributed by atoms with Gasteiger partial charge in [0.25, 0.3) is 0 Å². The quantitative estimate of drug-likeness (QED) is 0.273. The molecule has 0 aliphatic heterocycles. The summed E-state index contributed by atoms with van der Waals surface area (Å²) >= 11 is 8.94. The largest absolute Gasteiger partial charge is 0.493 e. The number of nitrogens with zero attached hydrogens (tertiary/aromatic N) is 2. The number of carbonyl (C=O) groups is 1. The highest BCUT2D eigenvalue weighted by Gasteiger charge is 2.15. The average molecular weight is 472 g/mol. The molecular weight excluding hydrogens is 454 g/mol. The summed E-state index contributed by atoms with van der Waals surface area (Å²) in [6.07, 6.45) is 1.53. The molecule has 4 rings (SSSR count). The monoisotopic (exact) mass is 471 g/mol. The Labute approximate surface area is 192 Å². The van der Waals surface area contributed by atoms with Crippen molar-refractivity contribution in [2.75, 3.05) is 25.3 Å². The minimum atomic E-state index is -0.146. The van der Waals surface area contributed by atoms with Crippen molar-refractivity contribution in [2.45, 2.75) is 5.03 Å². The number of thioether (sulfide) groups is 1. The van der Waals surface area contributed by atoms with Crippen molar-refractivity contribution in [1.82, 2.24) is 9.97 Å². The van der Waals surface area contributed by atoms with E-state index in [0.717, 1.165) is 26.4 Å². The molecule has 31 heavy (non-hydrogen) atoms. The molecule has 0 saturated heterocycles.